The summed E-state index contributed by atoms with van der Waals surface area (Å²) in [5.41, 5.74) is 2.18. The first kappa shape index (κ1) is 14.3. The molecule has 1 aliphatic heterocycles. The number of nitrogens with zero attached hydrogens (tertiary/aromatic N) is 2. The number of thioether (sulfide) groups is 1. The minimum Gasteiger partial charge on any atom is -0.298 e. The molecule has 0 amide bonds. The van der Waals surface area contributed by atoms with E-state index in [-0.39, 0.29) is 10.9 Å². The SMILES string of the molecule is Cc1ccc(C=[N+](O)C2N(C)C(=S)SC2(C)C)cc1. The van der Waals surface area contributed by atoms with E-state index in [4.69, 9.17) is 12.2 Å². The van der Waals surface area contributed by atoms with E-state index in [2.05, 4.69) is 13.8 Å². The fourth-order valence-corrected chi connectivity index (χ4v) is 4.10. The Morgan fingerprint density at radius 2 is 1.95 bits per heavy atom. The molecule has 2 rings (SSSR count). The topological polar surface area (TPSA) is 26.5 Å². The number of aryl methyl sites for hydroxylation is 1. The minimum absolute atomic E-state index is 0.151. The van der Waals surface area contributed by atoms with Crippen molar-refractivity contribution in [1.82, 2.24) is 4.90 Å². The van der Waals surface area contributed by atoms with Crippen molar-refractivity contribution >= 4 is 34.5 Å². The molecule has 0 aromatic heterocycles. The van der Waals surface area contributed by atoms with Gasteiger partial charge >= 0.3 is 0 Å². The Bertz CT molecular complexity index is 523. The molecule has 1 aromatic carbocycles. The largest absolute Gasteiger partial charge is 0.298 e. The average molecular weight is 295 g/mol. The summed E-state index contributed by atoms with van der Waals surface area (Å²) in [7, 11) is 1.92. The molecule has 102 valence electrons. The summed E-state index contributed by atoms with van der Waals surface area (Å²) < 4.78 is 1.92. The first-order valence-corrected chi connectivity index (χ1v) is 7.38. The molecule has 1 unspecified atom stereocenters. The van der Waals surface area contributed by atoms with Crippen LogP contribution in [0.25, 0.3) is 0 Å². The maximum Gasteiger partial charge on any atom is 0.292 e. The van der Waals surface area contributed by atoms with E-state index in [9.17, 15) is 5.21 Å². The van der Waals surface area contributed by atoms with Gasteiger partial charge in [-0.1, -0.05) is 41.7 Å². The van der Waals surface area contributed by atoms with Gasteiger partial charge in [0.05, 0.1) is 0 Å². The smallest absolute Gasteiger partial charge is 0.292 e. The molecule has 0 aliphatic carbocycles. The van der Waals surface area contributed by atoms with Crippen LogP contribution in [0.3, 0.4) is 0 Å². The zero-order chi connectivity index (χ0) is 14.2. The van der Waals surface area contributed by atoms with Crippen LogP contribution in [-0.4, -0.2) is 43.3 Å². The van der Waals surface area contributed by atoms with Gasteiger partial charge in [-0.3, -0.25) is 10.1 Å². The summed E-state index contributed by atoms with van der Waals surface area (Å²) in [5.74, 6) is 0. The molecule has 3 nitrogen and oxygen atoms in total. The Morgan fingerprint density at radius 1 is 1.37 bits per heavy atom. The molecule has 1 fully saturated rings. The fraction of sp³-hybridized carbons (Fsp3) is 0.429. The molecule has 0 bridgehead atoms. The van der Waals surface area contributed by atoms with Crippen molar-refractivity contribution in [3.05, 3.63) is 35.4 Å². The first-order valence-electron chi connectivity index (χ1n) is 6.16. The van der Waals surface area contributed by atoms with E-state index in [0.717, 1.165) is 9.88 Å². The third-order valence-corrected chi connectivity index (χ3v) is 4.97. The van der Waals surface area contributed by atoms with Gasteiger partial charge in [0, 0.05) is 12.6 Å². The summed E-state index contributed by atoms with van der Waals surface area (Å²) in [4.78, 5) is 1.94. The van der Waals surface area contributed by atoms with Crippen molar-refractivity contribution in [2.45, 2.75) is 31.7 Å². The number of benzene rings is 1. The molecule has 1 aliphatic rings. The number of hydrogen-bond acceptors (Lipinski definition) is 3. The highest BCUT2D eigenvalue weighted by atomic mass is 32.2. The molecule has 1 aromatic rings. The van der Waals surface area contributed by atoms with Crippen molar-refractivity contribution < 1.29 is 9.95 Å². The fourth-order valence-electron chi connectivity index (χ4n) is 2.29. The van der Waals surface area contributed by atoms with Crippen LogP contribution in [0.5, 0.6) is 0 Å². The normalized spacial score (nSPS) is 22.9. The van der Waals surface area contributed by atoms with E-state index in [1.807, 2.05) is 43.1 Å². The highest BCUT2D eigenvalue weighted by Crippen LogP contribution is 2.40. The Balaban J connectivity index is 2.30. The number of thiocarbonyl (C=S) groups is 1. The molecular weight excluding hydrogens is 276 g/mol. The predicted octanol–water partition coefficient (Wildman–Crippen LogP) is 2.88. The van der Waals surface area contributed by atoms with Gasteiger partial charge in [-0.05, 0) is 37.6 Å². The van der Waals surface area contributed by atoms with Crippen LogP contribution in [0.2, 0.25) is 0 Å². The van der Waals surface area contributed by atoms with Crippen LogP contribution in [0.15, 0.2) is 24.3 Å². The second-order valence-electron chi connectivity index (χ2n) is 5.38. The van der Waals surface area contributed by atoms with Gasteiger partial charge in [0.15, 0.2) is 0 Å². The van der Waals surface area contributed by atoms with Gasteiger partial charge < -0.3 is 0 Å². The highest BCUT2D eigenvalue weighted by Gasteiger charge is 2.51. The van der Waals surface area contributed by atoms with E-state index in [0.29, 0.717) is 0 Å². The second-order valence-corrected chi connectivity index (χ2v) is 7.66. The van der Waals surface area contributed by atoms with Gasteiger partial charge in [-0.15, -0.1) is 0 Å². The predicted molar refractivity (Wildman–Crippen MR) is 84.2 cm³/mol. The molecule has 1 saturated heterocycles. The number of hydroxylamine groups is 1. The maximum absolute atomic E-state index is 10.4. The summed E-state index contributed by atoms with van der Waals surface area (Å²) in [6.45, 7) is 6.22. The van der Waals surface area contributed by atoms with Gasteiger partial charge in [0.1, 0.15) is 9.07 Å². The molecular formula is C14H19N2OS2+. The maximum atomic E-state index is 10.4. The molecule has 1 N–H and O–H groups in total. The molecule has 19 heavy (non-hydrogen) atoms. The zero-order valence-electron chi connectivity index (χ0n) is 11.6. The lowest BCUT2D eigenvalue weighted by molar-refractivity contribution is -0.807. The van der Waals surface area contributed by atoms with Crippen molar-refractivity contribution in [3.63, 3.8) is 0 Å². The lowest BCUT2D eigenvalue weighted by atomic mass is 10.1. The molecule has 1 heterocycles. The van der Waals surface area contributed by atoms with Crippen LogP contribution < -0.4 is 0 Å². The Morgan fingerprint density at radius 3 is 2.42 bits per heavy atom. The molecule has 0 spiro atoms. The molecule has 0 saturated carbocycles. The third kappa shape index (κ3) is 2.92. The van der Waals surface area contributed by atoms with Crippen LogP contribution in [0.1, 0.15) is 25.0 Å². The van der Waals surface area contributed by atoms with Crippen molar-refractivity contribution in [3.8, 4) is 0 Å². The van der Waals surface area contributed by atoms with Gasteiger partial charge in [-0.25, -0.2) is 0 Å². The first-order chi connectivity index (χ1) is 8.81. The standard InChI is InChI=1S/C14H19N2OS2/c1-10-5-7-11(8-6-10)9-16(17)12-14(2,3)19-13(18)15(12)4/h5-9,12,17H,1-4H3/q+1. The number of hydrogen-bond donors (Lipinski definition) is 1. The average Bonchev–Trinajstić information content (AvgIpc) is 2.51. The van der Waals surface area contributed by atoms with Gasteiger partial charge in [0.2, 0.25) is 6.21 Å². The second kappa shape index (κ2) is 5.13. The van der Waals surface area contributed by atoms with Crippen molar-refractivity contribution in [2.75, 3.05) is 7.05 Å². The van der Waals surface area contributed by atoms with Crippen LogP contribution >= 0.6 is 24.0 Å². The van der Waals surface area contributed by atoms with E-state index in [1.165, 1.54) is 10.3 Å². The van der Waals surface area contributed by atoms with E-state index in [1.54, 1.807) is 18.0 Å². The van der Waals surface area contributed by atoms with Gasteiger partial charge in [0.25, 0.3) is 6.17 Å². The monoisotopic (exact) mass is 295 g/mol. The summed E-state index contributed by atoms with van der Waals surface area (Å²) in [5, 5.41) is 10.4. The summed E-state index contributed by atoms with van der Waals surface area (Å²) in [6, 6.07) is 8.04. The van der Waals surface area contributed by atoms with Gasteiger partial charge in [-0.2, -0.15) is 0 Å². The zero-order valence-corrected chi connectivity index (χ0v) is 13.3. The lowest BCUT2D eigenvalue weighted by Gasteiger charge is -2.21. The Hall–Kier alpha value is -1.07. The molecule has 0 radical (unpaired) electrons. The molecule has 1 atom stereocenters. The lowest BCUT2D eigenvalue weighted by Crippen LogP contribution is -2.47. The third-order valence-electron chi connectivity index (χ3n) is 3.24. The summed E-state index contributed by atoms with van der Waals surface area (Å²) >= 11 is 6.92. The quantitative estimate of drug-likeness (QED) is 0.298. The van der Waals surface area contributed by atoms with E-state index < -0.39 is 0 Å². The van der Waals surface area contributed by atoms with E-state index >= 15 is 0 Å². The summed E-state index contributed by atoms with van der Waals surface area (Å²) in [6.07, 6.45) is 1.59. The highest BCUT2D eigenvalue weighted by molar-refractivity contribution is 8.24. The number of rotatable bonds is 2. The minimum atomic E-state index is -0.161. The van der Waals surface area contributed by atoms with Crippen LogP contribution in [0.4, 0.5) is 0 Å². The molecule has 5 heteroatoms. The van der Waals surface area contributed by atoms with Crippen molar-refractivity contribution in [1.29, 1.82) is 0 Å². The van der Waals surface area contributed by atoms with Crippen molar-refractivity contribution in [2.24, 2.45) is 0 Å². The Kier molecular flexibility index (Phi) is 3.87. The van der Waals surface area contributed by atoms with Crippen LogP contribution in [0, 0.1) is 6.92 Å². The Labute approximate surface area is 123 Å². The van der Waals surface area contributed by atoms with Crippen LogP contribution in [-0.2, 0) is 0 Å².